The first-order chi connectivity index (χ1) is 12.3. The lowest BCUT2D eigenvalue weighted by atomic mass is 10.0. The Morgan fingerprint density at radius 2 is 2.08 bits per heavy atom. The van der Waals surface area contributed by atoms with Gasteiger partial charge in [0, 0.05) is 25.2 Å². The Morgan fingerprint density at radius 3 is 2.96 bits per heavy atom. The Balaban J connectivity index is 1.53. The van der Waals surface area contributed by atoms with Gasteiger partial charge in [0.1, 0.15) is 5.82 Å². The van der Waals surface area contributed by atoms with Gasteiger partial charge in [-0.25, -0.2) is 0 Å². The van der Waals surface area contributed by atoms with Crippen LogP contribution in [0.25, 0.3) is 0 Å². The van der Waals surface area contributed by atoms with E-state index < -0.39 is 0 Å². The van der Waals surface area contributed by atoms with E-state index in [0.29, 0.717) is 0 Å². The van der Waals surface area contributed by atoms with Gasteiger partial charge >= 0.3 is 5.97 Å². The van der Waals surface area contributed by atoms with Crippen molar-refractivity contribution >= 4 is 11.7 Å². The Labute approximate surface area is 147 Å². The van der Waals surface area contributed by atoms with Gasteiger partial charge in [0.2, 0.25) is 0 Å². The van der Waals surface area contributed by atoms with Gasteiger partial charge in [-0.1, -0.05) is 18.2 Å². The quantitative estimate of drug-likeness (QED) is 0.803. The largest absolute Gasteiger partial charge is 0.469 e. The van der Waals surface area contributed by atoms with Crippen molar-refractivity contribution < 1.29 is 9.53 Å². The van der Waals surface area contributed by atoms with Gasteiger partial charge in [0.15, 0.2) is 5.82 Å². The van der Waals surface area contributed by atoms with E-state index in [1.807, 2.05) is 0 Å². The second-order valence-electron chi connectivity index (χ2n) is 6.89. The monoisotopic (exact) mass is 340 g/mol. The lowest BCUT2D eigenvalue weighted by molar-refractivity contribution is -0.145. The number of fused-ring (bicyclic) bond motifs is 2. The topological polar surface area (TPSA) is 60.2 Å². The zero-order valence-corrected chi connectivity index (χ0v) is 14.6. The second-order valence-corrected chi connectivity index (χ2v) is 6.89. The molecular formula is C19H24N4O2. The maximum Gasteiger partial charge on any atom is 0.308 e. The normalized spacial score (nSPS) is 19.7. The van der Waals surface area contributed by atoms with E-state index in [4.69, 9.17) is 4.74 Å². The van der Waals surface area contributed by atoms with E-state index in [1.54, 1.807) is 0 Å². The lowest BCUT2D eigenvalue weighted by Gasteiger charge is -2.31. The van der Waals surface area contributed by atoms with Crippen LogP contribution in [-0.4, -0.2) is 34.4 Å². The molecular weight excluding hydrogens is 316 g/mol. The summed E-state index contributed by atoms with van der Waals surface area (Å²) in [4.78, 5) is 14.3. The molecule has 2 aliphatic heterocycles. The van der Waals surface area contributed by atoms with E-state index in [1.165, 1.54) is 24.8 Å². The molecule has 2 aliphatic rings. The standard InChI is InChI=1S/C19H24N4O2/c1-25-19(24)15-8-9-17-20-21-18(23(17)12-10-15)13-22-11-4-6-14-5-2-3-7-16(14)22/h2-3,5,7,15H,4,6,8-13H2,1H3. The van der Waals surface area contributed by atoms with Gasteiger partial charge in [0.25, 0.3) is 0 Å². The van der Waals surface area contributed by atoms with Gasteiger partial charge in [-0.3, -0.25) is 4.79 Å². The molecule has 25 heavy (non-hydrogen) atoms. The summed E-state index contributed by atoms with van der Waals surface area (Å²) >= 11 is 0. The molecule has 1 unspecified atom stereocenters. The van der Waals surface area contributed by atoms with Crippen LogP contribution in [0.3, 0.4) is 0 Å². The molecule has 0 radical (unpaired) electrons. The number of carbonyl (C=O) groups is 1. The predicted octanol–water partition coefficient (Wildman–Crippen LogP) is 2.36. The molecule has 1 aromatic heterocycles. The van der Waals surface area contributed by atoms with Gasteiger partial charge in [-0.2, -0.15) is 0 Å². The molecule has 0 bridgehead atoms. The molecule has 6 nitrogen and oxygen atoms in total. The molecule has 0 fully saturated rings. The SMILES string of the molecule is COC(=O)C1CCc2nnc(CN3CCCc4ccccc43)n2CC1. The van der Waals surface area contributed by atoms with Crippen molar-refractivity contribution in [3.8, 4) is 0 Å². The number of esters is 1. The van der Waals surface area contributed by atoms with Crippen LogP contribution in [-0.2, 0) is 35.5 Å². The van der Waals surface area contributed by atoms with Gasteiger partial charge < -0.3 is 14.2 Å². The summed E-state index contributed by atoms with van der Waals surface area (Å²) in [6.07, 6.45) is 4.68. The van der Waals surface area contributed by atoms with Crippen molar-refractivity contribution in [3.63, 3.8) is 0 Å². The van der Waals surface area contributed by atoms with Crippen LogP contribution in [0.2, 0.25) is 0 Å². The summed E-state index contributed by atoms with van der Waals surface area (Å²) in [5.74, 6) is 1.85. The van der Waals surface area contributed by atoms with E-state index in [-0.39, 0.29) is 11.9 Å². The third-order valence-electron chi connectivity index (χ3n) is 5.39. The molecule has 2 aromatic rings. The summed E-state index contributed by atoms with van der Waals surface area (Å²) in [7, 11) is 1.46. The number of anilines is 1. The average molecular weight is 340 g/mol. The second kappa shape index (κ2) is 6.86. The first-order valence-electron chi connectivity index (χ1n) is 9.08. The molecule has 0 saturated heterocycles. The number of aryl methyl sites for hydroxylation is 2. The smallest absolute Gasteiger partial charge is 0.308 e. The third kappa shape index (κ3) is 3.13. The molecule has 1 atom stereocenters. The van der Waals surface area contributed by atoms with Crippen LogP contribution in [0.15, 0.2) is 24.3 Å². The number of benzene rings is 1. The van der Waals surface area contributed by atoms with Crippen LogP contribution in [0.5, 0.6) is 0 Å². The van der Waals surface area contributed by atoms with Crippen molar-refractivity contribution in [3.05, 3.63) is 41.5 Å². The highest BCUT2D eigenvalue weighted by Crippen LogP contribution is 2.28. The van der Waals surface area contributed by atoms with E-state index >= 15 is 0 Å². The highest BCUT2D eigenvalue weighted by molar-refractivity contribution is 5.72. The Morgan fingerprint density at radius 1 is 1.20 bits per heavy atom. The number of aromatic nitrogens is 3. The third-order valence-corrected chi connectivity index (χ3v) is 5.39. The van der Waals surface area contributed by atoms with Crippen molar-refractivity contribution in [2.75, 3.05) is 18.6 Å². The Hall–Kier alpha value is -2.37. The Bertz CT molecular complexity index is 771. The number of hydrogen-bond acceptors (Lipinski definition) is 5. The minimum absolute atomic E-state index is 0.0322. The molecule has 6 heteroatoms. The molecule has 0 N–H and O–H groups in total. The fourth-order valence-electron chi connectivity index (χ4n) is 4.01. The molecule has 0 spiro atoms. The van der Waals surface area contributed by atoms with Crippen LogP contribution >= 0.6 is 0 Å². The number of methoxy groups -OCH3 is 1. The molecule has 4 rings (SSSR count). The fourth-order valence-corrected chi connectivity index (χ4v) is 4.01. The number of carbonyl (C=O) groups excluding carboxylic acids is 1. The van der Waals surface area contributed by atoms with Crippen LogP contribution in [0.1, 0.15) is 36.5 Å². The van der Waals surface area contributed by atoms with Crippen molar-refractivity contribution in [2.45, 2.75) is 45.2 Å². The molecule has 0 saturated carbocycles. The predicted molar refractivity (Wildman–Crippen MR) is 94.3 cm³/mol. The van der Waals surface area contributed by atoms with Crippen molar-refractivity contribution in [1.29, 1.82) is 0 Å². The van der Waals surface area contributed by atoms with Crippen LogP contribution in [0.4, 0.5) is 5.69 Å². The zero-order valence-electron chi connectivity index (χ0n) is 14.6. The maximum absolute atomic E-state index is 11.9. The molecule has 132 valence electrons. The number of hydrogen-bond donors (Lipinski definition) is 0. The van der Waals surface area contributed by atoms with Gasteiger partial charge in [0.05, 0.1) is 19.6 Å². The van der Waals surface area contributed by atoms with Gasteiger partial charge in [-0.15, -0.1) is 10.2 Å². The van der Waals surface area contributed by atoms with Crippen LogP contribution in [0, 0.1) is 5.92 Å². The minimum Gasteiger partial charge on any atom is -0.469 e. The first kappa shape index (κ1) is 16.1. The van der Waals surface area contributed by atoms with Crippen LogP contribution < -0.4 is 4.90 Å². The number of ether oxygens (including phenoxy) is 1. The summed E-state index contributed by atoms with van der Waals surface area (Å²) in [5, 5.41) is 8.84. The lowest BCUT2D eigenvalue weighted by Crippen LogP contribution is -2.30. The van der Waals surface area contributed by atoms with E-state index in [2.05, 4.69) is 43.9 Å². The minimum atomic E-state index is -0.106. The fraction of sp³-hybridized carbons (Fsp3) is 0.526. The number of rotatable bonds is 3. The van der Waals surface area contributed by atoms with Gasteiger partial charge in [-0.05, 0) is 37.3 Å². The number of para-hydroxylation sites is 1. The average Bonchev–Trinajstić information content (AvgIpc) is 2.90. The number of nitrogens with zero attached hydrogens (tertiary/aromatic N) is 4. The molecule has 1 aromatic carbocycles. The summed E-state index contributed by atoms with van der Waals surface area (Å²) in [6.45, 7) is 2.60. The summed E-state index contributed by atoms with van der Waals surface area (Å²) in [6, 6.07) is 8.62. The van der Waals surface area contributed by atoms with E-state index in [9.17, 15) is 4.79 Å². The maximum atomic E-state index is 11.9. The Kier molecular flexibility index (Phi) is 4.42. The molecule has 0 amide bonds. The highest BCUT2D eigenvalue weighted by atomic mass is 16.5. The summed E-state index contributed by atoms with van der Waals surface area (Å²) < 4.78 is 7.13. The highest BCUT2D eigenvalue weighted by Gasteiger charge is 2.26. The summed E-state index contributed by atoms with van der Waals surface area (Å²) in [5.41, 5.74) is 2.72. The molecule has 0 aliphatic carbocycles. The zero-order chi connectivity index (χ0) is 17.2. The van der Waals surface area contributed by atoms with Crippen molar-refractivity contribution in [2.24, 2.45) is 5.92 Å². The first-order valence-corrected chi connectivity index (χ1v) is 9.08. The van der Waals surface area contributed by atoms with Crippen molar-refractivity contribution in [1.82, 2.24) is 14.8 Å². The molecule has 3 heterocycles. The van der Waals surface area contributed by atoms with E-state index in [0.717, 1.165) is 57.0 Å².